The zero-order chi connectivity index (χ0) is 13.3. The molecule has 100 valence electrons. The molecular formula is C12H24N2O3. The lowest BCUT2D eigenvalue weighted by Crippen LogP contribution is -2.42. The Morgan fingerprint density at radius 1 is 1.35 bits per heavy atom. The second-order valence-electron chi connectivity index (χ2n) is 6.19. The fraction of sp³-hybridized carbons (Fsp3) is 0.917. The zero-order valence-corrected chi connectivity index (χ0v) is 11.3. The Morgan fingerprint density at radius 3 is 2.35 bits per heavy atom. The van der Waals surface area contributed by atoms with E-state index in [-0.39, 0.29) is 12.1 Å². The molecule has 3 N–H and O–H groups in total. The molecule has 5 nitrogen and oxygen atoms in total. The number of alkyl carbamates (subject to hydrolysis) is 1. The predicted octanol–water partition coefficient (Wildman–Crippen LogP) is 1.01. The SMILES string of the molecule is CC(C)(C)OC(=O)NC1CNC(C(C)(C)O)C1. The highest BCUT2D eigenvalue weighted by atomic mass is 16.6. The maximum Gasteiger partial charge on any atom is 0.407 e. The lowest BCUT2D eigenvalue weighted by atomic mass is 9.96. The summed E-state index contributed by atoms with van der Waals surface area (Å²) in [6.45, 7) is 9.69. The maximum atomic E-state index is 11.5. The van der Waals surface area contributed by atoms with Gasteiger partial charge in [-0.25, -0.2) is 4.79 Å². The van der Waals surface area contributed by atoms with Crippen molar-refractivity contribution in [3.8, 4) is 0 Å². The average molecular weight is 244 g/mol. The standard InChI is InChI=1S/C12H24N2O3/c1-11(2,3)17-10(15)14-8-6-9(13-7-8)12(4,5)16/h8-9,13,16H,6-7H2,1-5H3,(H,14,15). The normalized spacial score (nSPS) is 25.8. The van der Waals surface area contributed by atoms with E-state index in [0.29, 0.717) is 13.0 Å². The van der Waals surface area contributed by atoms with Gasteiger partial charge in [-0.2, -0.15) is 0 Å². The number of carbonyl (C=O) groups is 1. The summed E-state index contributed by atoms with van der Waals surface area (Å²) >= 11 is 0. The van der Waals surface area contributed by atoms with E-state index in [4.69, 9.17) is 4.74 Å². The molecule has 0 aromatic rings. The van der Waals surface area contributed by atoms with Gasteiger partial charge in [0.1, 0.15) is 5.60 Å². The molecule has 0 radical (unpaired) electrons. The number of aliphatic hydroxyl groups is 1. The summed E-state index contributed by atoms with van der Waals surface area (Å²) in [6, 6.07) is 0.0173. The molecule has 1 amide bonds. The fourth-order valence-electron chi connectivity index (χ4n) is 1.86. The van der Waals surface area contributed by atoms with E-state index in [1.165, 1.54) is 0 Å². The van der Waals surface area contributed by atoms with Gasteiger partial charge in [0.25, 0.3) is 0 Å². The van der Waals surface area contributed by atoms with Crippen molar-refractivity contribution < 1.29 is 14.6 Å². The van der Waals surface area contributed by atoms with Crippen LogP contribution in [-0.4, -0.2) is 41.0 Å². The van der Waals surface area contributed by atoms with Crippen LogP contribution < -0.4 is 10.6 Å². The number of hydrogen-bond donors (Lipinski definition) is 3. The first-order valence-corrected chi connectivity index (χ1v) is 6.03. The molecule has 1 fully saturated rings. The minimum atomic E-state index is -0.773. The van der Waals surface area contributed by atoms with Crippen LogP contribution in [0.25, 0.3) is 0 Å². The topological polar surface area (TPSA) is 70.6 Å². The third kappa shape index (κ3) is 4.91. The first-order valence-electron chi connectivity index (χ1n) is 6.03. The summed E-state index contributed by atoms with van der Waals surface area (Å²) in [5.41, 5.74) is -1.25. The number of amides is 1. The molecule has 1 rings (SSSR count). The van der Waals surface area contributed by atoms with Crippen LogP contribution in [0.5, 0.6) is 0 Å². The number of hydrogen-bond acceptors (Lipinski definition) is 4. The highest BCUT2D eigenvalue weighted by Crippen LogP contribution is 2.19. The largest absolute Gasteiger partial charge is 0.444 e. The Labute approximate surface area is 103 Å². The molecule has 0 aromatic carbocycles. The van der Waals surface area contributed by atoms with Crippen LogP contribution in [-0.2, 0) is 4.74 Å². The van der Waals surface area contributed by atoms with Crippen LogP contribution in [0.2, 0.25) is 0 Å². The molecule has 2 atom stereocenters. The molecule has 0 spiro atoms. The second-order valence-corrected chi connectivity index (χ2v) is 6.19. The van der Waals surface area contributed by atoms with Crippen molar-refractivity contribution in [2.45, 2.75) is 64.3 Å². The summed E-state index contributed by atoms with van der Waals surface area (Å²) in [5.74, 6) is 0. The van der Waals surface area contributed by atoms with Crippen molar-refractivity contribution >= 4 is 6.09 Å². The van der Waals surface area contributed by atoms with Crippen molar-refractivity contribution in [3.63, 3.8) is 0 Å². The van der Waals surface area contributed by atoms with Crippen LogP contribution in [0.15, 0.2) is 0 Å². The van der Waals surface area contributed by atoms with Gasteiger partial charge in [0, 0.05) is 18.6 Å². The second kappa shape index (κ2) is 4.82. The van der Waals surface area contributed by atoms with Crippen molar-refractivity contribution in [3.05, 3.63) is 0 Å². The summed E-state index contributed by atoms with van der Waals surface area (Å²) in [4.78, 5) is 11.5. The Balaban J connectivity index is 2.38. The monoisotopic (exact) mass is 244 g/mol. The Bertz CT molecular complexity index is 278. The molecule has 2 unspecified atom stereocenters. The minimum absolute atomic E-state index is 0.00226. The summed E-state index contributed by atoms with van der Waals surface area (Å²) in [7, 11) is 0. The van der Waals surface area contributed by atoms with Crippen LogP contribution in [0.3, 0.4) is 0 Å². The van der Waals surface area contributed by atoms with E-state index < -0.39 is 17.3 Å². The lowest BCUT2D eigenvalue weighted by Gasteiger charge is -2.25. The number of carbonyl (C=O) groups excluding carboxylic acids is 1. The molecule has 0 bridgehead atoms. The molecule has 0 saturated carbocycles. The quantitative estimate of drug-likeness (QED) is 0.678. The molecule has 1 aliphatic heterocycles. The van der Waals surface area contributed by atoms with Gasteiger partial charge >= 0.3 is 6.09 Å². The van der Waals surface area contributed by atoms with E-state index in [1.807, 2.05) is 20.8 Å². The smallest absolute Gasteiger partial charge is 0.407 e. The lowest BCUT2D eigenvalue weighted by molar-refractivity contribution is 0.0412. The Kier molecular flexibility index (Phi) is 4.04. The molecule has 17 heavy (non-hydrogen) atoms. The third-order valence-corrected chi connectivity index (χ3v) is 2.70. The van der Waals surface area contributed by atoms with Gasteiger partial charge in [-0.3, -0.25) is 0 Å². The molecule has 1 aliphatic rings. The first-order chi connectivity index (χ1) is 7.58. The van der Waals surface area contributed by atoms with Gasteiger partial charge in [-0.1, -0.05) is 0 Å². The Hall–Kier alpha value is -0.810. The summed E-state index contributed by atoms with van der Waals surface area (Å²) < 4.78 is 5.18. The summed E-state index contributed by atoms with van der Waals surface area (Å²) in [5, 5.41) is 15.8. The van der Waals surface area contributed by atoms with Gasteiger partial charge in [0.15, 0.2) is 0 Å². The predicted molar refractivity (Wildman–Crippen MR) is 65.9 cm³/mol. The zero-order valence-electron chi connectivity index (χ0n) is 11.3. The highest BCUT2D eigenvalue weighted by molar-refractivity contribution is 5.68. The van der Waals surface area contributed by atoms with Crippen molar-refractivity contribution in [2.75, 3.05) is 6.54 Å². The molecule has 5 heteroatoms. The third-order valence-electron chi connectivity index (χ3n) is 2.70. The van der Waals surface area contributed by atoms with Crippen LogP contribution in [0.4, 0.5) is 4.79 Å². The first kappa shape index (κ1) is 14.3. The molecule has 0 aromatic heterocycles. The van der Waals surface area contributed by atoms with Crippen molar-refractivity contribution in [2.24, 2.45) is 0 Å². The summed E-state index contributed by atoms with van der Waals surface area (Å²) in [6.07, 6.45) is 0.309. The van der Waals surface area contributed by atoms with E-state index in [1.54, 1.807) is 13.8 Å². The van der Waals surface area contributed by atoms with E-state index in [9.17, 15) is 9.90 Å². The van der Waals surface area contributed by atoms with E-state index in [2.05, 4.69) is 10.6 Å². The van der Waals surface area contributed by atoms with Gasteiger partial charge < -0.3 is 20.5 Å². The molecular weight excluding hydrogens is 220 g/mol. The highest BCUT2D eigenvalue weighted by Gasteiger charge is 2.35. The van der Waals surface area contributed by atoms with Crippen molar-refractivity contribution in [1.29, 1.82) is 0 Å². The van der Waals surface area contributed by atoms with Crippen LogP contribution in [0, 0.1) is 0 Å². The number of ether oxygens (including phenoxy) is 1. The fourth-order valence-corrected chi connectivity index (χ4v) is 1.86. The van der Waals surface area contributed by atoms with Gasteiger partial charge in [0.2, 0.25) is 0 Å². The average Bonchev–Trinajstić information content (AvgIpc) is 2.47. The van der Waals surface area contributed by atoms with Crippen LogP contribution >= 0.6 is 0 Å². The molecule has 1 heterocycles. The van der Waals surface area contributed by atoms with Gasteiger partial charge in [0.05, 0.1) is 5.60 Å². The van der Waals surface area contributed by atoms with Gasteiger partial charge in [-0.05, 0) is 41.0 Å². The van der Waals surface area contributed by atoms with E-state index in [0.717, 1.165) is 0 Å². The van der Waals surface area contributed by atoms with Crippen LogP contribution in [0.1, 0.15) is 41.0 Å². The Morgan fingerprint density at radius 2 is 1.94 bits per heavy atom. The number of rotatable bonds is 2. The minimum Gasteiger partial charge on any atom is -0.444 e. The van der Waals surface area contributed by atoms with Gasteiger partial charge in [-0.15, -0.1) is 0 Å². The maximum absolute atomic E-state index is 11.5. The molecule has 1 saturated heterocycles. The van der Waals surface area contributed by atoms with E-state index >= 15 is 0 Å². The molecule has 0 aliphatic carbocycles. The van der Waals surface area contributed by atoms with Crippen molar-refractivity contribution in [1.82, 2.24) is 10.6 Å². The number of nitrogens with one attached hydrogen (secondary N) is 2.